The maximum Gasteiger partial charge on any atom is 0.172 e. The van der Waals surface area contributed by atoms with Crippen molar-refractivity contribution in [2.24, 2.45) is 0 Å². The number of carbonyl (C=O) groups is 1. The van der Waals surface area contributed by atoms with E-state index in [4.69, 9.17) is 4.74 Å². The third-order valence-electron chi connectivity index (χ3n) is 2.76. The summed E-state index contributed by atoms with van der Waals surface area (Å²) in [6.07, 6.45) is 2.41. The minimum atomic E-state index is 0.183. The van der Waals surface area contributed by atoms with Crippen molar-refractivity contribution in [3.63, 3.8) is 0 Å². The van der Waals surface area contributed by atoms with Crippen LogP contribution in [0.3, 0.4) is 0 Å². The van der Waals surface area contributed by atoms with Crippen LogP contribution in [0.5, 0.6) is 0 Å². The monoisotopic (exact) mass is 214 g/mol. The van der Waals surface area contributed by atoms with Crippen molar-refractivity contribution in [2.45, 2.75) is 18.9 Å². The van der Waals surface area contributed by atoms with E-state index >= 15 is 0 Å². The molecule has 0 saturated carbocycles. The Morgan fingerprint density at radius 3 is 2.87 bits per heavy atom. The van der Waals surface area contributed by atoms with Crippen LogP contribution in [-0.4, -0.2) is 69.1 Å². The summed E-state index contributed by atoms with van der Waals surface area (Å²) in [6.45, 7) is 2.88. The lowest BCUT2D eigenvalue weighted by atomic mass is 10.2. The second-order valence-corrected chi connectivity index (χ2v) is 4.50. The minimum absolute atomic E-state index is 0.183. The topological polar surface area (TPSA) is 32.8 Å². The van der Waals surface area contributed by atoms with Crippen molar-refractivity contribution in [1.82, 2.24) is 9.80 Å². The molecule has 1 heterocycles. The van der Waals surface area contributed by atoms with Crippen LogP contribution in [0.4, 0.5) is 0 Å². The summed E-state index contributed by atoms with van der Waals surface area (Å²) in [4.78, 5) is 15.9. The Hall–Kier alpha value is -0.450. The average molecular weight is 214 g/mol. The van der Waals surface area contributed by atoms with Gasteiger partial charge in [0.2, 0.25) is 0 Å². The fourth-order valence-corrected chi connectivity index (χ4v) is 2.16. The summed E-state index contributed by atoms with van der Waals surface area (Å²) in [5.74, 6) is 0.183. The van der Waals surface area contributed by atoms with Gasteiger partial charge in [0, 0.05) is 19.7 Å². The largest absolute Gasteiger partial charge is 0.377 e. The highest BCUT2D eigenvalue weighted by Crippen LogP contribution is 2.17. The van der Waals surface area contributed by atoms with E-state index in [0.717, 1.165) is 13.1 Å². The number of hydrogen-bond acceptors (Lipinski definition) is 4. The number of likely N-dealkylation sites (N-methyl/N-ethyl adjacent to an activating group) is 1. The van der Waals surface area contributed by atoms with Crippen molar-refractivity contribution in [3.8, 4) is 0 Å². The Bertz CT molecular complexity index is 207. The predicted molar refractivity (Wildman–Crippen MR) is 60.0 cm³/mol. The Morgan fingerprint density at radius 2 is 2.27 bits per heavy atom. The van der Waals surface area contributed by atoms with Crippen LogP contribution in [0.2, 0.25) is 0 Å². The SMILES string of the molecule is COCC(=O)CN1CCCC1CN(C)C. The molecule has 1 atom stereocenters. The quantitative estimate of drug-likeness (QED) is 0.633. The average Bonchev–Trinajstić information content (AvgIpc) is 2.52. The van der Waals surface area contributed by atoms with E-state index in [-0.39, 0.29) is 12.4 Å². The highest BCUT2D eigenvalue weighted by molar-refractivity contribution is 5.81. The smallest absolute Gasteiger partial charge is 0.172 e. The van der Waals surface area contributed by atoms with Crippen LogP contribution in [0.1, 0.15) is 12.8 Å². The van der Waals surface area contributed by atoms with Crippen LogP contribution < -0.4 is 0 Å². The fraction of sp³-hybridized carbons (Fsp3) is 0.909. The lowest BCUT2D eigenvalue weighted by molar-refractivity contribution is -0.124. The number of likely N-dealkylation sites (tertiary alicyclic amines) is 1. The first-order chi connectivity index (χ1) is 7.13. The number of Topliss-reactive ketones (excluding diaryl/α,β-unsaturated/α-hetero) is 1. The van der Waals surface area contributed by atoms with Gasteiger partial charge in [0.05, 0.1) is 6.54 Å². The first-order valence-electron chi connectivity index (χ1n) is 5.53. The number of hydrogen-bond donors (Lipinski definition) is 0. The highest BCUT2D eigenvalue weighted by Gasteiger charge is 2.26. The minimum Gasteiger partial charge on any atom is -0.377 e. The molecule has 1 saturated heterocycles. The summed E-state index contributed by atoms with van der Waals surface area (Å²) >= 11 is 0. The Morgan fingerprint density at radius 1 is 1.53 bits per heavy atom. The van der Waals surface area contributed by atoms with E-state index < -0.39 is 0 Å². The van der Waals surface area contributed by atoms with E-state index in [2.05, 4.69) is 23.9 Å². The third kappa shape index (κ3) is 4.28. The van der Waals surface area contributed by atoms with Gasteiger partial charge in [0.1, 0.15) is 6.61 Å². The third-order valence-corrected chi connectivity index (χ3v) is 2.76. The molecular weight excluding hydrogens is 192 g/mol. The van der Waals surface area contributed by atoms with E-state index in [9.17, 15) is 4.79 Å². The lowest BCUT2D eigenvalue weighted by Gasteiger charge is -2.26. The number of carbonyl (C=O) groups excluding carboxylic acids is 1. The summed E-state index contributed by atoms with van der Waals surface area (Å²) < 4.78 is 4.84. The Balaban J connectivity index is 2.35. The molecule has 4 nitrogen and oxygen atoms in total. The molecule has 1 rings (SSSR count). The lowest BCUT2D eigenvalue weighted by Crippen LogP contribution is -2.41. The van der Waals surface area contributed by atoms with Gasteiger partial charge in [-0.2, -0.15) is 0 Å². The predicted octanol–water partition coefficient (Wildman–Crippen LogP) is 0.228. The molecule has 0 bridgehead atoms. The summed E-state index contributed by atoms with van der Waals surface area (Å²) in [5.41, 5.74) is 0. The van der Waals surface area contributed by atoms with Crippen molar-refractivity contribution >= 4 is 5.78 Å². The molecule has 15 heavy (non-hydrogen) atoms. The zero-order valence-corrected chi connectivity index (χ0v) is 10.0. The zero-order chi connectivity index (χ0) is 11.3. The summed E-state index contributed by atoms with van der Waals surface area (Å²) in [6, 6.07) is 0.542. The van der Waals surface area contributed by atoms with Gasteiger partial charge in [-0.3, -0.25) is 9.69 Å². The molecule has 0 aromatic rings. The van der Waals surface area contributed by atoms with Gasteiger partial charge in [-0.05, 0) is 33.5 Å². The van der Waals surface area contributed by atoms with Crippen LogP contribution in [0.25, 0.3) is 0 Å². The van der Waals surface area contributed by atoms with E-state index in [1.807, 2.05) is 0 Å². The van der Waals surface area contributed by atoms with Gasteiger partial charge in [0.25, 0.3) is 0 Å². The molecule has 0 spiro atoms. The van der Waals surface area contributed by atoms with Gasteiger partial charge < -0.3 is 9.64 Å². The maximum atomic E-state index is 11.5. The van der Waals surface area contributed by atoms with Crippen molar-refractivity contribution in [3.05, 3.63) is 0 Å². The number of ether oxygens (including phenoxy) is 1. The van der Waals surface area contributed by atoms with Crippen molar-refractivity contribution < 1.29 is 9.53 Å². The van der Waals surface area contributed by atoms with Gasteiger partial charge in [-0.1, -0.05) is 0 Å². The number of nitrogens with zero attached hydrogens (tertiary/aromatic N) is 2. The summed E-state index contributed by atoms with van der Waals surface area (Å²) in [7, 11) is 5.72. The van der Waals surface area contributed by atoms with Crippen molar-refractivity contribution in [2.75, 3.05) is 47.4 Å². The van der Waals surface area contributed by atoms with Crippen LogP contribution in [0, 0.1) is 0 Å². The molecule has 4 heteroatoms. The molecule has 1 fully saturated rings. The van der Waals surface area contributed by atoms with Gasteiger partial charge in [0.15, 0.2) is 5.78 Å². The molecule has 1 aliphatic heterocycles. The van der Waals surface area contributed by atoms with E-state index in [1.54, 1.807) is 7.11 Å². The molecule has 0 N–H and O–H groups in total. The molecule has 88 valence electrons. The molecule has 0 aromatic carbocycles. The molecule has 0 aromatic heterocycles. The molecule has 1 aliphatic rings. The first-order valence-corrected chi connectivity index (χ1v) is 5.53. The standard InChI is InChI=1S/C11H22N2O2/c1-12(2)7-10-5-4-6-13(10)8-11(14)9-15-3/h10H,4-9H2,1-3H3. The van der Waals surface area contributed by atoms with Gasteiger partial charge in [-0.15, -0.1) is 0 Å². The molecule has 1 unspecified atom stereocenters. The zero-order valence-electron chi connectivity index (χ0n) is 10.0. The highest BCUT2D eigenvalue weighted by atomic mass is 16.5. The second kappa shape index (κ2) is 6.20. The van der Waals surface area contributed by atoms with E-state index in [1.165, 1.54) is 12.8 Å². The van der Waals surface area contributed by atoms with Crippen molar-refractivity contribution in [1.29, 1.82) is 0 Å². The Labute approximate surface area is 92.2 Å². The maximum absolute atomic E-state index is 11.5. The molecule has 0 radical (unpaired) electrons. The number of methoxy groups -OCH3 is 1. The van der Waals surface area contributed by atoms with E-state index in [0.29, 0.717) is 12.6 Å². The first kappa shape index (κ1) is 12.6. The number of ketones is 1. The second-order valence-electron chi connectivity index (χ2n) is 4.50. The number of rotatable bonds is 6. The van der Waals surface area contributed by atoms with Crippen LogP contribution >= 0.6 is 0 Å². The van der Waals surface area contributed by atoms with Gasteiger partial charge >= 0.3 is 0 Å². The molecular formula is C11H22N2O2. The van der Waals surface area contributed by atoms with Gasteiger partial charge in [-0.25, -0.2) is 0 Å². The van der Waals surface area contributed by atoms with Crippen LogP contribution in [-0.2, 0) is 9.53 Å². The molecule has 0 aliphatic carbocycles. The fourth-order valence-electron chi connectivity index (χ4n) is 2.16. The molecule has 0 amide bonds. The van der Waals surface area contributed by atoms with Crippen LogP contribution in [0.15, 0.2) is 0 Å². The Kier molecular flexibility index (Phi) is 5.22. The summed E-state index contributed by atoms with van der Waals surface area (Å²) in [5, 5.41) is 0. The normalized spacial score (nSPS) is 22.5.